The Morgan fingerprint density at radius 1 is 1.64 bits per heavy atom. The van der Waals surface area contributed by atoms with Crippen LogP contribution in [0.25, 0.3) is 6.08 Å². The van der Waals surface area contributed by atoms with Gasteiger partial charge in [-0.2, -0.15) is 0 Å². The number of rotatable bonds is 2. The molecule has 0 spiro atoms. The summed E-state index contributed by atoms with van der Waals surface area (Å²) in [6.07, 6.45) is 4.95. The van der Waals surface area contributed by atoms with Crippen molar-refractivity contribution in [1.29, 1.82) is 0 Å². The monoisotopic (exact) mass is 169 g/mol. The van der Waals surface area contributed by atoms with Crippen LogP contribution in [-0.4, -0.2) is 16.7 Å². The van der Waals surface area contributed by atoms with Gasteiger partial charge in [0.25, 0.3) is 0 Å². The standard InChI is InChI=1S/C8H8ClNO/c9-7-3-4-10-8(6-7)2-1-5-11/h1-4,6,11H,5H2. The molecule has 0 aromatic carbocycles. The number of nitrogens with zero attached hydrogens (tertiary/aromatic N) is 1. The lowest BCUT2D eigenvalue weighted by Gasteiger charge is -1.91. The minimum Gasteiger partial charge on any atom is -0.392 e. The molecular weight excluding hydrogens is 162 g/mol. The molecule has 0 fully saturated rings. The van der Waals surface area contributed by atoms with E-state index in [1.807, 2.05) is 0 Å². The Morgan fingerprint density at radius 2 is 2.45 bits per heavy atom. The van der Waals surface area contributed by atoms with E-state index in [2.05, 4.69) is 4.98 Å². The highest BCUT2D eigenvalue weighted by molar-refractivity contribution is 6.30. The smallest absolute Gasteiger partial charge is 0.0642 e. The number of pyridine rings is 1. The summed E-state index contributed by atoms with van der Waals surface area (Å²) in [6.45, 7) is 0.0220. The number of halogens is 1. The molecule has 2 nitrogen and oxygen atoms in total. The molecule has 0 aliphatic rings. The summed E-state index contributed by atoms with van der Waals surface area (Å²) >= 11 is 5.69. The molecule has 1 aromatic rings. The molecule has 0 radical (unpaired) electrons. The second-order valence-corrected chi connectivity index (χ2v) is 2.42. The summed E-state index contributed by atoms with van der Waals surface area (Å²) in [5, 5.41) is 9.10. The van der Waals surface area contributed by atoms with Crippen molar-refractivity contribution < 1.29 is 5.11 Å². The van der Waals surface area contributed by atoms with E-state index >= 15 is 0 Å². The van der Waals surface area contributed by atoms with Crippen molar-refractivity contribution in [3.63, 3.8) is 0 Å². The SMILES string of the molecule is OCC=Cc1cc(Cl)ccn1. The lowest BCUT2D eigenvalue weighted by atomic mass is 10.3. The fraction of sp³-hybridized carbons (Fsp3) is 0.125. The first kappa shape index (κ1) is 8.24. The molecule has 0 amide bonds. The minimum atomic E-state index is 0.0220. The van der Waals surface area contributed by atoms with Crippen molar-refractivity contribution in [2.75, 3.05) is 6.61 Å². The molecule has 1 rings (SSSR count). The predicted molar refractivity (Wildman–Crippen MR) is 45.4 cm³/mol. The van der Waals surface area contributed by atoms with Gasteiger partial charge in [0.2, 0.25) is 0 Å². The molecule has 0 bridgehead atoms. The Kier molecular flexibility index (Phi) is 3.08. The van der Waals surface area contributed by atoms with Gasteiger partial charge in [0, 0.05) is 11.2 Å². The van der Waals surface area contributed by atoms with E-state index in [0.717, 1.165) is 5.69 Å². The van der Waals surface area contributed by atoms with E-state index in [1.165, 1.54) is 0 Å². The van der Waals surface area contributed by atoms with Crippen LogP contribution in [0.3, 0.4) is 0 Å². The molecule has 0 aliphatic heterocycles. The van der Waals surface area contributed by atoms with Gasteiger partial charge in [-0.25, -0.2) is 0 Å². The molecule has 1 heterocycles. The predicted octanol–water partition coefficient (Wildman–Crippen LogP) is 1.74. The molecule has 0 saturated carbocycles. The van der Waals surface area contributed by atoms with Gasteiger partial charge in [-0.1, -0.05) is 17.7 Å². The molecule has 0 unspecified atom stereocenters. The molecule has 58 valence electrons. The zero-order valence-electron chi connectivity index (χ0n) is 5.87. The number of aliphatic hydroxyl groups excluding tert-OH is 1. The van der Waals surface area contributed by atoms with Crippen molar-refractivity contribution in [3.05, 3.63) is 35.1 Å². The van der Waals surface area contributed by atoms with Crippen molar-refractivity contribution in [2.24, 2.45) is 0 Å². The number of hydrogen-bond donors (Lipinski definition) is 1. The quantitative estimate of drug-likeness (QED) is 0.732. The number of aliphatic hydroxyl groups is 1. The number of hydrogen-bond acceptors (Lipinski definition) is 2. The maximum atomic E-state index is 8.45. The normalized spacial score (nSPS) is 10.7. The van der Waals surface area contributed by atoms with E-state index in [0.29, 0.717) is 5.02 Å². The zero-order valence-corrected chi connectivity index (χ0v) is 6.62. The summed E-state index contributed by atoms with van der Waals surface area (Å²) in [6, 6.07) is 3.44. The van der Waals surface area contributed by atoms with Gasteiger partial charge in [-0.05, 0) is 18.2 Å². The maximum absolute atomic E-state index is 8.45. The Hall–Kier alpha value is -0.860. The van der Waals surface area contributed by atoms with Gasteiger partial charge >= 0.3 is 0 Å². The van der Waals surface area contributed by atoms with Crippen molar-refractivity contribution in [1.82, 2.24) is 4.98 Å². The fourth-order valence-corrected chi connectivity index (χ4v) is 0.854. The van der Waals surface area contributed by atoms with Crippen molar-refractivity contribution in [2.45, 2.75) is 0 Å². The molecule has 3 heteroatoms. The molecule has 1 N–H and O–H groups in total. The topological polar surface area (TPSA) is 33.1 Å². The Bertz CT molecular complexity index is 260. The lowest BCUT2D eigenvalue weighted by Crippen LogP contribution is -1.79. The summed E-state index contributed by atoms with van der Waals surface area (Å²) in [5.41, 5.74) is 0.756. The van der Waals surface area contributed by atoms with Crippen LogP contribution < -0.4 is 0 Å². The van der Waals surface area contributed by atoms with E-state index in [-0.39, 0.29) is 6.61 Å². The van der Waals surface area contributed by atoms with Crippen LogP contribution in [0.15, 0.2) is 24.4 Å². The van der Waals surface area contributed by atoms with Gasteiger partial charge < -0.3 is 5.11 Å². The second kappa shape index (κ2) is 4.11. The third-order valence-electron chi connectivity index (χ3n) is 1.14. The summed E-state index contributed by atoms with van der Waals surface area (Å²) in [7, 11) is 0. The van der Waals surface area contributed by atoms with Crippen LogP contribution in [0.2, 0.25) is 5.02 Å². The third kappa shape index (κ3) is 2.70. The van der Waals surface area contributed by atoms with Crippen molar-refractivity contribution >= 4 is 17.7 Å². The summed E-state index contributed by atoms with van der Waals surface area (Å²) < 4.78 is 0. The highest BCUT2D eigenvalue weighted by atomic mass is 35.5. The highest BCUT2D eigenvalue weighted by Crippen LogP contribution is 2.08. The molecule has 0 saturated heterocycles. The van der Waals surface area contributed by atoms with Gasteiger partial charge in [0.05, 0.1) is 12.3 Å². The van der Waals surface area contributed by atoms with Crippen LogP contribution in [0.1, 0.15) is 5.69 Å². The van der Waals surface area contributed by atoms with Crippen LogP contribution >= 0.6 is 11.6 Å². The Morgan fingerprint density at radius 3 is 3.09 bits per heavy atom. The first-order valence-corrected chi connectivity index (χ1v) is 3.59. The van der Waals surface area contributed by atoms with Gasteiger partial charge in [-0.15, -0.1) is 0 Å². The molecule has 0 atom stereocenters. The Balaban J connectivity index is 2.79. The van der Waals surface area contributed by atoms with Crippen LogP contribution in [0.5, 0.6) is 0 Å². The largest absolute Gasteiger partial charge is 0.392 e. The van der Waals surface area contributed by atoms with E-state index in [1.54, 1.807) is 30.5 Å². The fourth-order valence-electron chi connectivity index (χ4n) is 0.686. The minimum absolute atomic E-state index is 0.0220. The Labute approximate surface area is 70.2 Å². The van der Waals surface area contributed by atoms with E-state index in [9.17, 15) is 0 Å². The van der Waals surface area contributed by atoms with Crippen LogP contribution in [0, 0.1) is 0 Å². The maximum Gasteiger partial charge on any atom is 0.0642 e. The van der Waals surface area contributed by atoms with Crippen molar-refractivity contribution in [3.8, 4) is 0 Å². The molecule has 11 heavy (non-hydrogen) atoms. The molecular formula is C8H8ClNO. The molecule has 1 aromatic heterocycles. The first-order chi connectivity index (χ1) is 5.33. The van der Waals surface area contributed by atoms with Crippen LogP contribution in [-0.2, 0) is 0 Å². The van der Waals surface area contributed by atoms with Gasteiger partial charge in [0.15, 0.2) is 0 Å². The van der Waals surface area contributed by atoms with E-state index in [4.69, 9.17) is 16.7 Å². The number of aromatic nitrogens is 1. The third-order valence-corrected chi connectivity index (χ3v) is 1.37. The second-order valence-electron chi connectivity index (χ2n) is 1.98. The first-order valence-electron chi connectivity index (χ1n) is 3.22. The van der Waals surface area contributed by atoms with Crippen LogP contribution in [0.4, 0.5) is 0 Å². The zero-order chi connectivity index (χ0) is 8.10. The average molecular weight is 170 g/mol. The van der Waals surface area contributed by atoms with E-state index < -0.39 is 0 Å². The lowest BCUT2D eigenvalue weighted by molar-refractivity contribution is 0.343. The van der Waals surface area contributed by atoms with Gasteiger partial charge in [0.1, 0.15) is 0 Å². The van der Waals surface area contributed by atoms with Gasteiger partial charge in [-0.3, -0.25) is 4.98 Å². The molecule has 0 aliphatic carbocycles. The highest BCUT2D eigenvalue weighted by Gasteiger charge is 1.88. The average Bonchev–Trinajstić information content (AvgIpc) is 2.01. The summed E-state index contributed by atoms with van der Waals surface area (Å²) in [5.74, 6) is 0. The summed E-state index contributed by atoms with van der Waals surface area (Å²) in [4.78, 5) is 3.99.